The highest BCUT2D eigenvalue weighted by Gasteiger charge is 2.23. The van der Waals surface area contributed by atoms with Crippen LogP contribution in [-0.4, -0.2) is 0 Å². The molecule has 0 nitrogen and oxygen atoms in total. The van der Waals surface area contributed by atoms with Crippen molar-refractivity contribution in [3.05, 3.63) is 34.6 Å². The van der Waals surface area contributed by atoms with Crippen molar-refractivity contribution in [2.75, 3.05) is 0 Å². The van der Waals surface area contributed by atoms with Gasteiger partial charge in [0, 0.05) is 1.43 Å². The van der Waals surface area contributed by atoms with Crippen LogP contribution in [0, 0.1) is 19.7 Å². The molecule has 0 aromatic heterocycles. The first-order valence-corrected chi connectivity index (χ1v) is 5.95. The zero-order valence-corrected chi connectivity index (χ0v) is 10.2. The fourth-order valence-corrected chi connectivity index (χ4v) is 1.84. The third-order valence-electron chi connectivity index (χ3n) is 3.23. The van der Waals surface area contributed by atoms with Crippen molar-refractivity contribution in [1.29, 1.82) is 0 Å². The molecular weight excluding hydrogens is 187 g/mol. The van der Waals surface area contributed by atoms with Crippen molar-refractivity contribution in [2.45, 2.75) is 52.9 Å². The van der Waals surface area contributed by atoms with E-state index >= 15 is 0 Å². The lowest BCUT2D eigenvalue weighted by Gasteiger charge is -2.26. The van der Waals surface area contributed by atoms with Crippen LogP contribution >= 0.6 is 0 Å². The van der Waals surface area contributed by atoms with Crippen LogP contribution < -0.4 is 0 Å². The largest absolute Gasteiger partial charge is 0.206 e. The highest BCUT2D eigenvalue weighted by molar-refractivity contribution is 5.34. The van der Waals surface area contributed by atoms with Crippen molar-refractivity contribution in [3.63, 3.8) is 0 Å². The number of rotatable bonds is 1. The first-order chi connectivity index (χ1) is 7.20. The highest BCUT2D eigenvalue weighted by atomic mass is 19.1. The zero-order valence-electron chi connectivity index (χ0n) is 10.2. The van der Waals surface area contributed by atoms with Gasteiger partial charge in [-0.2, -0.15) is 0 Å². The maximum Gasteiger partial charge on any atom is 0.129 e. The Balaban J connectivity index is 0.000000711. The summed E-state index contributed by atoms with van der Waals surface area (Å²) in [7, 11) is 0. The summed E-state index contributed by atoms with van der Waals surface area (Å²) in [5, 5.41) is 0. The molecule has 1 aliphatic rings. The molecule has 0 saturated heterocycles. The summed E-state index contributed by atoms with van der Waals surface area (Å²) >= 11 is 0. The quantitative estimate of drug-likeness (QED) is 0.613. The Bertz CT molecular complexity index is 330. The van der Waals surface area contributed by atoms with Gasteiger partial charge < -0.3 is 0 Å². The molecule has 1 heteroatoms. The van der Waals surface area contributed by atoms with Crippen LogP contribution in [0.2, 0.25) is 0 Å². The molecule has 0 atom stereocenters. The van der Waals surface area contributed by atoms with Gasteiger partial charge >= 0.3 is 0 Å². The minimum absolute atomic E-state index is 0. The first kappa shape index (κ1) is 12.2. The molecule has 0 aliphatic heterocycles. The minimum Gasteiger partial charge on any atom is -0.206 e. The van der Waals surface area contributed by atoms with Gasteiger partial charge in [0.05, 0.1) is 0 Å². The maximum atomic E-state index is 13.7. The van der Waals surface area contributed by atoms with Crippen molar-refractivity contribution in [2.24, 2.45) is 0 Å². The lowest BCUT2D eigenvalue weighted by molar-refractivity contribution is 0.403. The van der Waals surface area contributed by atoms with Gasteiger partial charge in [-0.25, -0.2) is 4.39 Å². The third kappa shape index (κ3) is 2.39. The van der Waals surface area contributed by atoms with E-state index < -0.39 is 0 Å². The Morgan fingerprint density at radius 1 is 1.20 bits per heavy atom. The van der Waals surface area contributed by atoms with Crippen LogP contribution in [-0.2, 0) is 0 Å². The fourth-order valence-electron chi connectivity index (χ4n) is 1.84. The SMILES string of the molecule is CC.Cc1ccc(C2CCC2)c(F)c1C.[HH]. The summed E-state index contributed by atoms with van der Waals surface area (Å²) in [6, 6.07) is 3.99. The van der Waals surface area contributed by atoms with Crippen LogP contribution in [0.25, 0.3) is 0 Å². The third-order valence-corrected chi connectivity index (χ3v) is 3.23. The predicted octanol–water partition coefficient (Wildman–Crippen LogP) is 4.98. The van der Waals surface area contributed by atoms with E-state index in [0.717, 1.165) is 16.7 Å². The molecule has 86 valence electrons. The molecule has 1 aromatic rings. The van der Waals surface area contributed by atoms with Gasteiger partial charge in [0.1, 0.15) is 5.82 Å². The standard InChI is InChI=1S/C12H15F.C2H6.H2/c1-8-6-7-11(10-4-3-5-10)12(13)9(8)2;1-2;/h6-7,10H,3-5H2,1-2H3;1-2H3;1H. The molecule has 2 rings (SSSR count). The smallest absolute Gasteiger partial charge is 0.129 e. The molecule has 1 aromatic carbocycles. The minimum atomic E-state index is 0. The molecule has 0 heterocycles. The van der Waals surface area contributed by atoms with E-state index in [1.807, 2.05) is 39.8 Å². The topological polar surface area (TPSA) is 0 Å². The van der Waals surface area contributed by atoms with Gasteiger partial charge in [-0.05, 0) is 49.3 Å². The summed E-state index contributed by atoms with van der Waals surface area (Å²) in [4.78, 5) is 0. The van der Waals surface area contributed by atoms with Crippen LogP contribution in [0.5, 0.6) is 0 Å². The Morgan fingerprint density at radius 2 is 1.80 bits per heavy atom. The van der Waals surface area contributed by atoms with E-state index in [2.05, 4.69) is 0 Å². The average molecular weight is 210 g/mol. The Morgan fingerprint density at radius 3 is 2.27 bits per heavy atom. The zero-order chi connectivity index (χ0) is 11.4. The maximum absolute atomic E-state index is 13.7. The molecule has 0 radical (unpaired) electrons. The van der Waals surface area contributed by atoms with E-state index in [9.17, 15) is 4.39 Å². The van der Waals surface area contributed by atoms with Crippen LogP contribution in [0.1, 0.15) is 57.1 Å². The van der Waals surface area contributed by atoms with Crippen LogP contribution in [0.3, 0.4) is 0 Å². The predicted molar refractivity (Wildman–Crippen MR) is 65.9 cm³/mol. The van der Waals surface area contributed by atoms with Crippen molar-refractivity contribution >= 4 is 0 Å². The van der Waals surface area contributed by atoms with Crippen molar-refractivity contribution in [1.82, 2.24) is 0 Å². The second-order valence-electron chi connectivity index (χ2n) is 4.04. The van der Waals surface area contributed by atoms with Crippen LogP contribution in [0.15, 0.2) is 12.1 Å². The molecule has 15 heavy (non-hydrogen) atoms. The summed E-state index contributed by atoms with van der Waals surface area (Å²) in [5.74, 6) is 0.531. The highest BCUT2D eigenvalue weighted by Crippen LogP contribution is 2.38. The Labute approximate surface area is 94.0 Å². The number of halogens is 1. The summed E-state index contributed by atoms with van der Waals surface area (Å²) < 4.78 is 13.7. The van der Waals surface area contributed by atoms with Crippen molar-refractivity contribution < 1.29 is 5.82 Å². The second kappa shape index (κ2) is 5.29. The first-order valence-electron chi connectivity index (χ1n) is 5.95. The van der Waals surface area contributed by atoms with Gasteiger partial charge in [-0.15, -0.1) is 0 Å². The van der Waals surface area contributed by atoms with Gasteiger partial charge in [0.15, 0.2) is 0 Å². The lowest BCUT2D eigenvalue weighted by atomic mass is 9.79. The average Bonchev–Trinajstić information content (AvgIpc) is 2.19. The van der Waals surface area contributed by atoms with E-state index in [4.69, 9.17) is 0 Å². The molecule has 0 spiro atoms. The molecule has 0 unspecified atom stereocenters. The fraction of sp³-hybridized carbons (Fsp3) is 0.571. The monoisotopic (exact) mass is 210 g/mol. The number of hydrogen-bond acceptors (Lipinski definition) is 0. The molecule has 1 aliphatic carbocycles. The molecule has 0 amide bonds. The second-order valence-corrected chi connectivity index (χ2v) is 4.04. The molecule has 1 saturated carbocycles. The molecule has 1 fully saturated rings. The van der Waals surface area contributed by atoms with Gasteiger partial charge in [-0.3, -0.25) is 0 Å². The summed E-state index contributed by atoms with van der Waals surface area (Å²) in [5.41, 5.74) is 2.82. The summed E-state index contributed by atoms with van der Waals surface area (Å²) in [6.45, 7) is 7.83. The Hall–Kier alpha value is -0.850. The van der Waals surface area contributed by atoms with Gasteiger partial charge in [0.2, 0.25) is 0 Å². The Kier molecular flexibility index (Phi) is 4.31. The van der Waals surface area contributed by atoms with Crippen molar-refractivity contribution in [3.8, 4) is 0 Å². The normalized spacial score (nSPS) is 15.3. The van der Waals surface area contributed by atoms with Crippen LogP contribution in [0.4, 0.5) is 4.39 Å². The number of hydrogen-bond donors (Lipinski definition) is 0. The van der Waals surface area contributed by atoms with Gasteiger partial charge in [0.25, 0.3) is 0 Å². The van der Waals surface area contributed by atoms with E-state index in [0.29, 0.717) is 5.92 Å². The van der Waals surface area contributed by atoms with Gasteiger partial charge in [-0.1, -0.05) is 32.4 Å². The number of aryl methyl sites for hydroxylation is 1. The molecule has 0 N–H and O–H groups in total. The van der Waals surface area contributed by atoms with E-state index in [1.54, 1.807) is 0 Å². The van der Waals surface area contributed by atoms with E-state index in [-0.39, 0.29) is 7.24 Å². The lowest BCUT2D eigenvalue weighted by Crippen LogP contribution is -2.11. The summed E-state index contributed by atoms with van der Waals surface area (Å²) in [6.07, 6.45) is 3.59. The van der Waals surface area contributed by atoms with E-state index in [1.165, 1.54) is 19.3 Å². The molecular formula is C14H23F. The molecule has 0 bridgehead atoms. The number of benzene rings is 1.